The van der Waals surface area contributed by atoms with Crippen LogP contribution in [0.4, 0.5) is 4.79 Å². The predicted octanol–water partition coefficient (Wildman–Crippen LogP) is 2.90. The van der Waals surface area contributed by atoms with E-state index in [9.17, 15) is 14.7 Å². The number of rotatable bonds is 7. The molecule has 1 aliphatic carbocycles. The average Bonchev–Trinajstić information content (AvgIpc) is 2.45. The van der Waals surface area contributed by atoms with Crippen molar-refractivity contribution in [1.29, 1.82) is 0 Å². The maximum atomic E-state index is 11.9. The zero-order valence-corrected chi connectivity index (χ0v) is 12.7. The molecule has 0 aromatic heterocycles. The molecule has 20 heavy (non-hydrogen) atoms. The fourth-order valence-electron chi connectivity index (χ4n) is 2.91. The largest absolute Gasteiger partial charge is 0.481 e. The van der Waals surface area contributed by atoms with Gasteiger partial charge in [0.25, 0.3) is 0 Å². The zero-order valence-electron chi connectivity index (χ0n) is 12.7. The van der Waals surface area contributed by atoms with Crippen molar-refractivity contribution in [3.05, 3.63) is 0 Å². The number of carboxylic acid groups (broad SMARTS) is 1. The van der Waals surface area contributed by atoms with Crippen molar-refractivity contribution in [2.24, 2.45) is 5.41 Å². The first-order valence-electron chi connectivity index (χ1n) is 7.82. The first-order valence-corrected chi connectivity index (χ1v) is 7.82. The topological polar surface area (TPSA) is 78.4 Å². The Hall–Kier alpha value is -1.26. The van der Waals surface area contributed by atoms with Crippen molar-refractivity contribution in [2.75, 3.05) is 6.54 Å². The van der Waals surface area contributed by atoms with Crippen molar-refractivity contribution < 1.29 is 14.7 Å². The highest BCUT2D eigenvalue weighted by atomic mass is 16.4. The number of carboxylic acids is 1. The molecule has 2 amide bonds. The molecule has 0 aromatic rings. The third kappa shape index (κ3) is 4.69. The summed E-state index contributed by atoms with van der Waals surface area (Å²) < 4.78 is 0. The second kappa shape index (κ2) is 8.12. The van der Waals surface area contributed by atoms with Gasteiger partial charge in [-0.3, -0.25) is 4.79 Å². The van der Waals surface area contributed by atoms with E-state index in [1.165, 1.54) is 0 Å². The smallest absolute Gasteiger partial charge is 0.315 e. The Balaban J connectivity index is 2.46. The summed E-state index contributed by atoms with van der Waals surface area (Å²) >= 11 is 0. The van der Waals surface area contributed by atoms with Gasteiger partial charge in [-0.1, -0.05) is 39.5 Å². The Kier molecular flexibility index (Phi) is 6.82. The van der Waals surface area contributed by atoms with E-state index in [0.717, 1.165) is 38.5 Å². The Morgan fingerprint density at radius 3 is 2.35 bits per heavy atom. The van der Waals surface area contributed by atoms with E-state index in [-0.39, 0.29) is 18.6 Å². The van der Waals surface area contributed by atoms with Gasteiger partial charge in [0.1, 0.15) is 0 Å². The summed E-state index contributed by atoms with van der Waals surface area (Å²) in [5.74, 6) is -0.780. The van der Waals surface area contributed by atoms with Crippen LogP contribution in [-0.4, -0.2) is 29.7 Å². The summed E-state index contributed by atoms with van der Waals surface area (Å²) in [5, 5.41) is 15.1. The highest BCUT2D eigenvalue weighted by Gasteiger charge is 2.39. The molecule has 0 radical (unpaired) electrons. The van der Waals surface area contributed by atoms with Crippen molar-refractivity contribution in [3.63, 3.8) is 0 Å². The normalized spacial score (nSPS) is 19.1. The molecule has 1 aliphatic rings. The van der Waals surface area contributed by atoms with Crippen LogP contribution >= 0.6 is 0 Å². The SMILES string of the molecule is CCCC(CC)NC(=O)NCC1(C(=O)O)CCCCC1. The lowest BCUT2D eigenvalue weighted by molar-refractivity contribution is -0.150. The fourth-order valence-corrected chi connectivity index (χ4v) is 2.91. The second-order valence-corrected chi connectivity index (χ2v) is 5.87. The molecule has 1 rings (SSSR count). The van der Waals surface area contributed by atoms with Gasteiger partial charge in [-0.05, 0) is 25.7 Å². The Morgan fingerprint density at radius 2 is 1.85 bits per heavy atom. The molecule has 1 fully saturated rings. The Bertz CT molecular complexity index is 325. The van der Waals surface area contributed by atoms with Crippen LogP contribution < -0.4 is 10.6 Å². The molecule has 1 atom stereocenters. The van der Waals surface area contributed by atoms with E-state index in [2.05, 4.69) is 17.6 Å². The molecular weight excluding hydrogens is 256 g/mol. The molecule has 5 nitrogen and oxygen atoms in total. The van der Waals surface area contributed by atoms with E-state index < -0.39 is 11.4 Å². The lowest BCUT2D eigenvalue weighted by Gasteiger charge is -2.33. The predicted molar refractivity (Wildman–Crippen MR) is 78.7 cm³/mol. The summed E-state index contributed by atoms with van der Waals surface area (Å²) in [6.45, 7) is 4.36. The van der Waals surface area contributed by atoms with Gasteiger partial charge in [0.2, 0.25) is 0 Å². The highest BCUT2D eigenvalue weighted by molar-refractivity contribution is 5.78. The maximum Gasteiger partial charge on any atom is 0.315 e. The Morgan fingerprint density at radius 1 is 1.20 bits per heavy atom. The molecule has 3 N–H and O–H groups in total. The quantitative estimate of drug-likeness (QED) is 0.672. The molecular formula is C15H28N2O3. The van der Waals surface area contributed by atoms with E-state index in [1.54, 1.807) is 0 Å². The van der Waals surface area contributed by atoms with Crippen LogP contribution in [0, 0.1) is 5.41 Å². The van der Waals surface area contributed by atoms with E-state index in [0.29, 0.717) is 12.8 Å². The molecule has 0 heterocycles. The fraction of sp³-hybridized carbons (Fsp3) is 0.867. The van der Waals surface area contributed by atoms with Crippen LogP contribution in [-0.2, 0) is 4.79 Å². The van der Waals surface area contributed by atoms with E-state index in [1.807, 2.05) is 6.92 Å². The van der Waals surface area contributed by atoms with Crippen molar-refractivity contribution in [3.8, 4) is 0 Å². The van der Waals surface area contributed by atoms with Gasteiger partial charge in [0.05, 0.1) is 5.41 Å². The number of aliphatic carboxylic acids is 1. The van der Waals surface area contributed by atoms with Gasteiger partial charge in [0.15, 0.2) is 0 Å². The minimum absolute atomic E-state index is 0.173. The Labute approximate surface area is 121 Å². The summed E-state index contributed by atoms with van der Waals surface area (Å²) in [4.78, 5) is 23.4. The van der Waals surface area contributed by atoms with Gasteiger partial charge in [-0.25, -0.2) is 4.79 Å². The number of carbonyl (C=O) groups excluding carboxylic acids is 1. The van der Waals surface area contributed by atoms with Crippen LogP contribution in [0.3, 0.4) is 0 Å². The van der Waals surface area contributed by atoms with Crippen LogP contribution in [0.25, 0.3) is 0 Å². The number of urea groups is 1. The van der Waals surface area contributed by atoms with Crippen molar-refractivity contribution in [2.45, 2.75) is 71.3 Å². The van der Waals surface area contributed by atoms with Crippen molar-refractivity contribution in [1.82, 2.24) is 10.6 Å². The van der Waals surface area contributed by atoms with Crippen molar-refractivity contribution >= 4 is 12.0 Å². The lowest BCUT2D eigenvalue weighted by atomic mass is 9.74. The van der Waals surface area contributed by atoms with Crippen LogP contribution in [0.5, 0.6) is 0 Å². The molecule has 5 heteroatoms. The standard InChI is InChI=1S/C15H28N2O3/c1-3-8-12(4-2)17-14(20)16-11-15(13(18)19)9-6-5-7-10-15/h12H,3-11H2,1-2H3,(H,18,19)(H2,16,17,20). The number of hydrogen-bond donors (Lipinski definition) is 3. The van der Waals surface area contributed by atoms with Crippen LogP contribution in [0.1, 0.15) is 65.2 Å². The maximum absolute atomic E-state index is 11.9. The summed E-state index contributed by atoms with van der Waals surface area (Å²) in [7, 11) is 0. The molecule has 1 unspecified atom stereocenters. The molecule has 1 saturated carbocycles. The number of amides is 2. The number of hydrogen-bond acceptors (Lipinski definition) is 2. The highest BCUT2D eigenvalue weighted by Crippen LogP contribution is 2.35. The molecule has 116 valence electrons. The number of nitrogens with one attached hydrogen (secondary N) is 2. The molecule has 0 spiro atoms. The van der Waals surface area contributed by atoms with E-state index >= 15 is 0 Å². The summed E-state index contributed by atoms with van der Waals surface area (Å²) in [6.07, 6.45) is 7.16. The minimum atomic E-state index is -0.780. The van der Waals surface area contributed by atoms with Crippen LogP contribution in [0.15, 0.2) is 0 Å². The van der Waals surface area contributed by atoms with Gasteiger partial charge < -0.3 is 15.7 Å². The minimum Gasteiger partial charge on any atom is -0.481 e. The molecule has 0 saturated heterocycles. The lowest BCUT2D eigenvalue weighted by Crippen LogP contribution is -2.49. The molecule has 0 bridgehead atoms. The number of carbonyl (C=O) groups is 2. The van der Waals surface area contributed by atoms with Gasteiger partial charge in [-0.15, -0.1) is 0 Å². The van der Waals surface area contributed by atoms with Crippen LogP contribution in [0.2, 0.25) is 0 Å². The monoisotopic (exact) mass is 284 g/mol. The van der Waals surface area contributed by atoms with Gasteiger partial charge in [-0.2, -0.15) is 0 Å². The third-order valence-electron chi connectivity index (χ3n) is 4.32. The summed E-state index contributed by atoms with van der Waals surface area (Å²) in [5.41, 5.74) is -0.762. The molecule has 0 aliphatic heterocycles. The van der Waals surface area contributed by atoms with Gasteiger partial charge in [0, 0.05) is 12.6 Å². The summed E-state index contributed by atoms with van der Waals surface area (Å²) in [6, 6.07) is -0.0661. The third-order valence-corrected chi connectivity index (χ3v) is 4.32. The molecule has 0 aromatic carbocycles. The average molecular weight is 284 g/mol. The van der Waals surface area contributed by atoms with E-state index in [4.69, 9.17) is 0 Å². The first kappa shape index (κ1) is 16.8. The second-order valence-electron chi connectivity index (χ2n) is 5.87. The van der Waals surface area contributed by atoms with Gasteiger partial charge >= 0.3 is 12.0 Å². The first-order chi connectivity index (χ1) is 9.54. The zero-order chi connectivity index (χ0) is 15.0.